The number of aromatic nitrogens is 2. The van der Waals surface area contributed by atoms with Crippen LogP contribution in [0.4, 0.5) is 9.93 Å². The number of amides is 3. The zero-order valence-corrected chi connectivity index (χ0v) is 18.5. The predicted molar refractivity (Wildman–Crippen MR) is 123 cm³/mol. The second-order valence-corrected chi connectivity index (χ2v) is 8.32. The first-order chi connectivity index (χ1) is 15.4. The maximum atomic E-state index is 12.8. The van der Waals surface area contributed by atoms with Crippen LogP contribution in [0.3, 0.4) is 0 Å². The number of rotatable bonds is 8. The van der Waals surface area contributed by atoms with Crippen LogP contribution >= 0.6 is 23.6 Å². The Bertz CT molecular complexity index is 1120. The van der Waals surface area contributed by atoms with Gasteiger partial charge in [-0.3, -0.25) is 14.7 Å². The van der Waals surface area contributed by atoms with Crippen LogP contribution in [0.1, 0.15) is 11.1 Å². The molecule has 9 nitrogen and oxygen atoms in total. The summed E-state index contributed by atoms with van der Waals surface area (Å²) in [6, 6.07) is 17.4. The third-order valence-corrected chi connectivity index (χ3v) is 5.38. The van der Waals surface area contributed by atoms with Crippen LogP contribution in [0.5, 0.6) is 0 Å². The van der Waals surface area contributed by atoms with Crippen LogP contribution in [0.2, 0.25) is 0 Å². The molecular weight excluding hydrogens is 450 g/mol. The highest BCUT2D eigenvalue weighted by molar-refractivity contribution is 7.73. The highest BCUT2D eigenvalue weighted by Gasteiger charge is 2.28. The summed E-state index contributed by atoms with van der Waals surface area (Å²) < 4.78 is 5.54. The summed E-state index contributed by atoms with van der Waals surface area (Å²) in [4.78, 5) is 38.5. The molecule has 0 spiro atoms. The molecular formula is C21H21N5O4S2. The minimum absolute atomic E-state index is 0.0147. The molecule has 32 heavy (non-hydrogen) atoms. The van der Waals surface area contributed by atoms with E-state index in [0.29, 0.717) is 6.42 Å². The number of carbonyl (C=O) groups is 3. The minimum atomic E-state index is -0.931. The second kappa shape index (κ2) is 11.3. The molecule has 11 heteroatoms. The first-order valence-corrected chi connectivity index (χ1v) is 10.8. The van der Waals surface area contributed by atoms with Crippen molar-refractivity contribution in [2.24, 2.45) is 5.73 Å². The topological polar surface area (TPSA) is 130 Å². The molecule has 1 heterocycles. The highest BCUT2D eigenvalue weighted by atomic mass is 32.1. The molecule has 1 atom stereocenters. The Hall–Kier alpha value is -3.41. The van der Waals surface area contributed by atoms with Crippen LogP contribution < -0.4 is 16.0 Å². The lowest BCUT2D eigenvalue weighted by molar-refractivity contribution is -0.125. The van der Waals surface area contributed by atoms with Crippen molar-refractivity contribution in [3.05, 3.63) is 75.7 Å². The molecule has 0 saturated carbocycles. The normalized spacial score (nSPS) is 11.4. The second-order valence-electron chi connectivity index (χ2n) is 6.68. The highest BCUT2D eigenvalue weighted by Crippen LogP contribution is 2.19. The van der Waals surface area contributed by atoms with Gasteiger partial charge in [0.15, 0.2) is 3.95 Å². The van der Waals surface area contributed by atoms with Crippen LogP contribution in [0.15, 0.2) is 60.7 Å². The molecule has 0 unspecified atom stereocenters. The predicted octanol–water partition coefficient (Wildman–Crippen LogP) is 2.56. The van der Waals surface area contributed by atoms with Gasteiger partial charge in [0.2, 0.25) is 11.0 Å². The molecule has 0 fully saturated rings. The minimum Gasteiger partial charge on any atom is -0.444 e. The number of H-pyrrole nitrogens is 1. The van der Waals surface area contributed by atoms with Crippen molar-refractivity contribution in [1.29, 1.82) is 0 Å². The summed E-state index contributed by atoms with van der Waals surface area (Å²) in [5.74, 6) is -1.25. The Balaban J connectivity index is 1.62. The van der Waals surface area contributed by atoms with Crippen molar-refractivity contribution in [3.8, 4) is 0 Å². The number of nitrogens with zero attached hydrogens (tertiary/aromatic N) is 2. The first-order valence-electron chi connectivity index (χ1n) is 9.60. The van der Waals surface area contributed by atoms with E-state index in [-0.39, 0.29) is 15.7 Å². The first kappa shape index (κ1) is 23.3. The van der Waals surface area contributed by atoms with Crippen molar-refractivity contribution >= 4 is 46.6 Å². The van der Waals surface area contributed by atoms with E-state index in [2.05, 4.69) is 15.5 Å². The number of nitrogens with two attached hydrogens (primary N) is 1. The Kier molecular flexibility index (Phi) is 8.20. The van der Waals surface area contributed by atoms with Crippen molar-refractivity contribution in [2.45, 2.75) is 19.1 Å². The number of hydrogen-bond donors (Lipinski definition) is 3. The molecule has 0 radical (unpaired) electrons. The average molecular weight is 472 g/mol. The number of anilines is 1. The van der Waals surface area contributed by atoms with E-state index in [1.165, 1.54) is 0 Å². The SMILES string of the molecule is N[C@@H](Cc1ccccc1)C(=O)NCC(=O)N(C(=O)OCc1ccccc1)c1n[nH]c(=S)s1. The van der Waals surface area contributed by atoms with E-state index in [1.807, 2.05) is 36.4 Å². The lowest BCUT2D eigenvalue weighted by Gasteiger charge is -2.18. The summed E-state index contributed by atoms with van der Waals surface area (Å²) in [6.07, 6.45) is -0.621. The quantitative estimate of drug-likeness (QED) is 0.430. The van der Waals surface area contributed by atoms with Crippen LogP contribution in [-0.4, -0.2) is 40.7 Å². The third kappa shape index (κ3) is 6.54. The number of aromatic amines is 1. The zero-order valence-electron chi connectivity index (χ0n) is 16.9. The standard InChI is InChI=1S/C21H21N5O4S2/c22-16(11-14-7-3-1-4-8-14)18(28)23-12-17(27)26(19-24-25-20(31)32-19)21(29)30-13-15-9-5-2-6-10-15/h1-10,16H,11-13,22H2,(H,23,28)(H,25,31)/t16-/m0/s1. The van der Waals surface area contributed by atoms with Gasteiger partial charge in [0.05, 0.1) is 12.6 Å². The monoisotopic (exact) mass is 471 g/mol. The summed E-state index contributed by atoms with van der Waals surface area (Å²) in [5, 5.41) is 8.89. The number of benzene rings is 2. The van der Waals surface area contributed by atoms with Crippen molar-refractivity contribution in [3.63, 3.8) is 0 Å². The van der Waals surface area contributed by atoms with Crippen molar-refractivity contribution in [1.82, 2.24) is 15.5 Å². The molecule has 0 bridgehead atoms. The Morgan fingerprint density at radius 1 is 1.09 bits per heavy atom. The van der Waals surface area contributed by atoms with E-state index in [0.717, 1.165) is 27.4 Å². The fraction of sp³-hybridized carbons (Fsp3) is 0.190. The molecule has 0 saturated heterocycles. The Morgan fingerprint density at radius 3 is 2.31 bits per heavy atom. The maximum absolute atomic E-state index is 12.8. The van der Waals surface area contributed by atoms with Gasteiger partial charge < -0.3 is 15.8 Å². The van der Waals surface area contributed by atoms with Gasteiger partial charge in [-0.1, -0.05) is 72.0 Å². The maximum Gasteiger partial charge on any atom is 0.423 e. The summed E-state index contributed by atoms with van der Waals surface area (Å²) in [6.45, 7) is -0.498. The van der Waals surface area contributed by atoms with Gasteiger partial charge in [-0.2, -0.15) is 4.90 Å². The fourth-order valence-electron chi connectivity index (χ4n) is 2.72. The molecule has 1 aromatic heterocycles. The number of ether oxygens (including phenoxy) is 1. The molecule has 4 N–H and O–H groups in total. The summed E-state index contributed by atoms with van der Waals surface area (Å²) in [7, 11) is 0. The average Bonchev–Trinajstić information content (AvgIpc) is 3.23. The van der Waals surface area contributed by atoms with E-state index < -0.39 is 30.5 Å². The number of carbonyl (C=O) groups excluding carboxylic acids is 3. The van der Waals surface area contributed by atoms with Crippen LogP contribution in [0.25, 0.3) is 0 Å². The molecule has 3 aromatic rings. The lowest BCUT2D eigenvalue weighted by Crippen LogP contribution is -2.48. The Labute approximate surface area is 193 Å². The van der Waals surface area contributed by atoms with Gasteiger partial charge in [-0.05, 0) is 29.8 Å². The van der Waals surface area contributed by atoms with E-state index in [4.69, 9.17) is 22.7 Å². The van der Waals surface area contributed by atoms with Gasteiger partial charge in [-0.25, -0.2) is 4.79 Å². The van der Waals surface area contributed by atoms with Gasteiger partial charge in [0.25, 0.3) is 5.91 Å². The van der Waals surface area contributed by atoms with Gasteiger partial charge >= 0.3 is 6.09 Å². The molecule has 3 rings (SSSR count). The lowest BCUT2D eigenvalue weighted by atomic mass is 10.1. The number of nitrogens with one attached hydrogen (secondary N) is 2. The molecule has 3 amide bonds. The Morgan fingerprint density at radius 2 is 1.72 bits per heavy atom. The molecule has 2 aromatic carbocycles. The van der Waals surface area contributed by atoms with E-state index in [1.54, 1.807) is 24.3 Å². The van der Waals surface area contributed by atoms with Crippen LogP contribution in [0, 0.1) is 3.95 Å². The van der Waals surface area contributed by atoms with Gasteiger partial charge in [0.1, 0.15) is 6.61 Å². The third-order valence-electron chi connectivity index (χ3n) is 4.30. The molecule has 0 aliphatic heterocycles. The zero-order chi connectivity index (χ0) is 22.9. The number of imide groups is 1. The van der Waals surface area contributed by atoms with Crippen LogP contribution in [-0.2, 0) is 27.4 Å². The molecule has 0 aliphatic carbocycles. The smallest absolute Gasteiger partial charge is 0.423 e. The van der Waals surface area contributed by atoms with Gasteiger partial charge in [0, 0.05) is 0 Å². The summed E-state index contributed by atoms with van der Waals surface area (Å²) >= 11 is 5.92. The van der Waals surface area contributed by atoms with E-state index in [9.17, 15) is 14.4 Å². The summed E-state index contributed by atoms with van der Waals surface area (Å²) in [5.41, 5.74) is 7.59. The van der Waals surface area contributed by atoms with Gasteiger partial charge in [-0.15, -0.1) is 5.10 Å². The fourth-order valence-corrected chi connectivity index (χ4v) is 3.61. The molecule has 166 valence electrons. The largest absolute Gasteiger partial charge is 0.444 e. The number of hydrogen-bond acceptors (Lipinski definition) is 8. The molecule has 0 aliphatic rings. The van der Waals surface area contributed by atoms with Crippen molar-refractivity contribution < 1.29 is 19.1 Å². The van der Waals surface area contributed by atoms with Crippen molar-refractivity contribution in [2.75, 3.05) is 11.4 Å². The van der Waals surface area contributed by atoms with E-state index >= 15 is 0 Å².